The highest BCUT2D eigenvalue weighted by molar-refractivity contribution is 6.31. The van der Waals surface area contributed by atoms with E-state index in [9.17, 15) is 9.59 Å². The van der Waals surface area contributed by atoms with Gasteiger partial charge in [0.2, 0.25) is 0 Å². The predicted molar refractivity (Wildman–Crippen MR) is 116 cm³/mol. The second-order valence-corrected chi connectivity index (χ2v) is 7.95. The average molecular weight is 431 g/mol. The molecule has 0 aromatic heterocycles. The van der Waals surface area contributed by atoms with Crippen LogP contribution in [0.3, 0.4) is 0 Å². The third kappa shape index (κ3) is 5.45. The van der Waals surface area contributed by atoms with E-state index in [1.807, 2.05) is 32.0 Å². The van der Waals surface area contributed by atoms with Gasteiger partial charge in [-0.05, 0) is 68.1 Å². The van der Waals surface area contributed by atoms with Crippen molar-refractivity contribution in [2.45, 2.75) is 32.7 Å². The maximum atomic E-state index is 12.9. The van der Waals surface area contributed by atoms with Crippen molar-refractivity contribution in [1.29, 1.82) is 0 Å². The van der Waals surface area contributed by atoms with Gasteiger partial charge in [0.15, 0.2) is 6.61 Å². The van der Waals surface area contributed by atoms with Crippen LogP contribution in [0.1, 0.15) is 34.3 Å². The van der Waals surface area contributed by atoms with Crippen LogP contribution in [0.4, 0.5) is 0 Å². The van der Waals surface area contributed by atoms with E-state index in [1.165, 1.54) is 12.7 Å². The Kier molecular flexibility index (Phi) is 7.21. The van der Waals surface area contributed by atoms with Gasteiger partial charge in [0.25, 0.3) is 11.8 Å². The van der Waals surface area contributed by atoms with Gasteiger partial charge < -0.3 is 19.7 Å². The molecule has 1 saturated heterocycles. The van der Waals surface area contributed by atoms with Crippen molar-refractivity contribution in [1.82, 2.24) is 10.2 Å². The first-order chi connectivity index (χ1) is 14.4. The fourth-order valence-corrected chi connectivity index (χ4v) is 3.64. The molecule has 0 bridgehead atoms. The number of ether oxygens (including phenoxy) is 2. The summed E-state index contributed by atoms with van der Waals surface area (Å²) in [5, 5.41) is 3.49. The molecule has 0 atom stereocenters. The van der Waals surface area contributed by atoms with E-state index in [0.717, 1.165) is 5.56 Å². The molecule has 0 aliphatic carbocycles. The predicted octanol–water partition coefficient (Wildman–Crippen LogP) is 3.77. The van der Waals surface area contributed by atoms with Crippen LogP contribution in [0, 0.1) is 13.8 Å². The molecule has 0 spiro atoms. The Morgan fingerprint density at radius 2 is 1.83 bits per heavy atom. The molecule has 0 unspecified atom stereocenters. The number of likely N-dealkylation sites (tertiary alicyclic amines) is 1. The second-order valence-electron chi connectivity index (χ2n) is 7.51. The van der Waals surface area contributed by atoms with Crippen molar-refractivity contribution in [3.05, 3.63) is 58.1 Å². The quantitative estimate of drug-likeness (QED) is 0.757. The smallest absolute Gasteiger partial charge is 0.258 e. The Bertz CT molecular complexity index is 923. The third-order valence-corrected chi connectivity index (χ3v) is 5.62. The van der Waals surface area contributed by atoms with Gasteiger partial charge in [0.1, 0.15) is 11.5 Å². The number of hydrogen-bond acceptors (Lipinski definition) is 4. The lowest BCUT2D eigenvalue weighted by molar-refractivity contribution is -0.124. The fraction of sp³-hybridized carbons (Fsp3) is 0.391. The van der Waals surface area contributed by atoms with Crippen LogP contribution in [0.2, 0.25) is 5.02 Å². The number of nitrogens with one attached hydrogen (secondary N) is 1. The number of piperidine rings is 1. The molecule has 7 heteroatoms. The monoisotopic (exact) mass is 430 g/mol. The molecule has 2 aromatic rings. The van der Waals surface area contributed by atoms with Crippen LogP contribution in [-0.4, -0.2) is 49.6 Å². The maximum absolute atomic E-state index is 12.9. The summed E-state index contributed by atoms with van der Waals surface area (Å²) in [4.78, 5) is 26.9. The van der Waals surface area contributed by atoms with Crippen molar-refractivity contribution in [2.75, 3.05) is 26.8 Å². The van der Waals surface area contributed by atoms with E-state index in [0.29, 0.717) is 48.0 Å². The SMILES string of the molecule is COc1ccc(Cl)cc1C(=O)N1CCC(NC(=O)COc2ccc(C)c(C)c2)CC1. The number of benzene rings is 2. The second kappa shape index (κ2) is 9.85. The minimum Gasteiger partial charge on any atom is -0.496 e. The molecule has 160 valence electrons. The number of carbonyl (C=O) groups excluding carboxylic acids is 2. The minimum atomic E-state index is -0.158. The lowest BCUT2D eigenvalue weighted by atomic mass is 10.0. The summed E-state index contributed by atoms with van der Waals surface area (Å²) in [6.45, 7) is 5.12. The Morgan fingerprint density at radius 3 is 2.50 bits per heavy atom. The largest absolute Gasteiger partial charge is 0.496 e. The number of amides is 2. The Labute approximate surface area is 182 Å². The number of carbonyl (C=O) groups is 2. The van der Waals surface area contributed by atoms with Crippen LogP contribution in [0.25, 0.3) is 0 Å². The summed E-state index contributed by atoms with van der Waals surface area (Å²) in [6, 6.07) is 10.8. The molecule has 0 saturated carbocycles. The molecular weight excluding hydrogens is 404 g/mol. The number of methoxy groups -OCH3 is 1. The van der Waals surface area contributed by atoms with Gasteiger partial charge in [-0.1, -0.05) is 17.7 Å². The highest BCUT2D eigenvalue weighted by Crippen LogP contribution is 2.25. The summed E-state index contributed by atoms with van der Waals surface area (Å²) in [6.07, 6.45) is 1.37. The number of nitrogens with zero attached hydrogens (tertiary/aromatic N) is 1. The molecule has 1 N–H and O–H groups in total. The zero-order chi connectivity index (χ0) is 21.7. The highest BCUT2D eigenvalue weighted by atomic mass is 35.5. The first-order valence-electron chi connectivity index (χ1n) is 9.99. The molecule has 1 fully saturated rings. The highest BCUT2D eigenvalue weighted by Gasteiger charge is 2.26. The first kappa shape index (κ1) is 22.0. The van der Waals surface area contributed by atoms with Gasteiger partial charge in [-0.2, -0.15) is 0 Å². The Balaban J connectivity index is 1.48. The summed E-state index contributed by atoms with van der Waals surface area (Å²) in [5.41, 5.74) is 2.76. The van der Waals surface area contributed by atoms with Crippen molar-refractivity contribution in [3.63, 3.8) is 0 Å². The van der Waals surface area contributed by atoms with Crippen LogP contribution in [0.5, 0.6) is 11.5 Å². The molecule has 1 heterocycles. The van der Waals surface area contributed by atoms with Gasteiger partial charge in [0, 0.05) is 24.2 Å². The van der Waals surface area contributed by atoms with Gasteiger partial charge in [-0.15, -0.1) is 0 Å². The number of halogens is 1. The molecular formula is C23H27ClN2O4. The lowest BCUT2D eigenvalue weighted by Gasteiger charge is -2.32. The molecule has 0 radical (unpaired) electrons. The molecule has 1 aliphatic heterocycles. The van der Waals surface area contributed by atoms with E-state index in [2.05, 4.69) is 5.32 Å². The van der Waals surface area contributed by atoms with Crippen molar-refractivity contribution >= 4 is 23.4 Å². The van der Waals surface area contributed by atoms with Crippen LogP contribution in [-0.2, 0) is 4.79 Å². The van der Waals surface area contributed by atoms with E-state index in [-0.39, 0.29) is 24.5 Å². The average Bonchev–Trinajstić information content (AvgIpc) is 2.74. The Morgan fingerprint density at radius 1 is 1.10 bits per heavy atom. The third-order valence-electron chi connectivity index (χ3n) is 5.39. The lowest BCUT2D eigenvalue weighted by Crippen LogP contribution is -2.47. The molecule has 30 heavy (non-hydrogen) atoms. The summed E-state index contributed by atoms with van der Waals surface area (Å²) >= 11 is 6.04. The van der Waals surface area contributed by atoms with Crippen LogP contribution in [0.15, 0.2) is 36.4 Å². The standard InChI is InChI=1S/C23H27ClN2O4/c1-15-4-6-19(12-16(15)2)30-14-22(27)25-18-8-10-26(11-9-18)23(28)20-13-17(24)5-7-21(20)29-3/h4-7,12-13,18H,8-11,14H2,1-3H3,(H,25,27). The zero-order valence-corrected chi connectivity index (χ0v) is 18.3. The van der Waals surface area contributed by atoms with E-state index in [4.69, 9.17) is 21.1 Å². The molecule has 6 nitrogen and oxygen atoms in total. The number of aryl methyl sites for hydroxylation is 2. The van der Waals surface area contributed by atoms with Crippen LogP contribution < -0.4 is 14.8 Å². The first-order valence-corrected chi connectivity index (χ1v) is 10.4. The fourth-order valence-electron chi connectivity index (χ4n) is 3.47. The van der Waals surface area contributed by atoms with E-state index < -0.39 is 0 Å². The Hall–Kier alpha value is -2.73. The number of hydrogen-bond donors (Lipinski definition) is 1. The van der Waals surface area contributed by atoms with E-state index in [1.54, 1.807) is 23.1 Å². The zero-order valence-electron chi connectivity index (χ0n) is 17.5. The van der Waals surface area contributed by atoms with Crippen molar-refractivity contribution < 1.29 is 19.1 Å². The molecule has 1 aliphatic rings. The molecule has 3 rings (SSSR count). The van der Waals surface area contributed by atoms with Gasteiger partial charge >= 0.3 is 0 Å². The van der Waals surface area contributed by atoms with Crippen LogP contribution >= 0.6 is 11.6 Å². The van der Waals surface area contributed by atoms with E-state index >= 15 is 0 Å². The minimum absolute atomic E-state index is 0.0196. The summed E-state index contributed by atoms with van der Waals surface area (Å²) in [5.74, 6) is 0.916. The molecule has 2 amide bonds. The maximum Gasteiger partial charge on any atom is 0.258 e. The number of rotatable bonds is 6. The van der Waals surface area contributed by atoms with Gasteiger partial charge in [-0.25, -0.2) is 0 Å². The topological polar surface area (TPSA) is 67.9 Å². The normalized spacial score (nSPS) is 14.3. The van der Waals surface area contributed by atoms with Crippen molar-refractivity contribution in [2.24, 2.45) is 0 Å². The summed E-state index contributed by atoms with van der Waals surface area (Å²) < 4.78 is 10.9. The van der Waals surface area contributed by atoms with Gasteiger partial charge in [-0.3, -0.25) is 9.59 Å². The summed E-state index contributed by atoms with van der Waals surface area (Å²) in [7, 11) is 1.53. The van der Waals surface area contributed by atoms with Gasteiger partial charge in [0.05, 0.1) is 12.7 Å². The van der Waals surface area contributed by atoms with Crippen molar-refractivity contribution in [3.8, 4) is 11.5 Å². The molecule has 2 aromatic carbocycles.